The van der Waals surface area contributed by atoms with Crippen molar-refractivity contribution in [2.24, 2.45) is 5.10 Å². The molecule has 0 atom stereocenters. The van der Waals surface area contributed by atoms with Crippen molar-refractivity contribution in [3.05, 3.63) is 101 Å². The predicted molar refractivity (Wildman–Crippen MR) is 125 cm³/mol. The average molecular weight is 423 g/mol. The van der Waals surface area contributed by atoms with Gasteiger partial charge in [-0.15, -0.1) is 0 Å². The number of aromatic amines is 2. The Bertz CT molecular complexity index is 1380. The zero-order valence-corrected chi connectivity index (χ0v) is 17.3. The fourth-order valence-electron chi connectivity index (χ4n) is 3.28. The van der Waals surface area contributed by atoms with Crippen LogP contribution in [0.3, 0.4) is 0 Å². The standard InChI is InChI=1S/C24H18N6S/c31-24-29-28-23(22-15-21(26-27-22)20-9-5-2-6-10-20)30(24)25-16-17-11-13-19(14-12-17)18-7-3-1-4-8-18/h1-16H,(H,26,27)(H,29,31)/b25-16-. The number of hydrogen-bond donors (Lipinski definition) is 2. The van der Waals surface area contributed by atoms with E-state index in [0.717, 1.165) is 28.1 Å². The summed E-state index contributed by atoms with van der Waals surface area (Å²) in [5.74, 6) is 0.567. The van der Waals surface area contributed by atoms with Crippen LogP contribution in [0.5, 0.6) is 0 Å². The Balaban J connectivity index is 1.41. The molecule has 0 aliphatic carbocycles. The van der Waals surface area contributed by atoms with Gasteiger partial charge in [0.15, 0.2) is 0 Å². The quantitative estimate of drug-likeness (QED) is 0.288. The van der Waals surface area contributed by atoms with Crippen molar-refractivity contribution in [2.45, 2.75) is 0 Å². The van der Waals surface area contributed by atoms with Crippen LogP contribution in [0.1, 0.15) is 5.56 Å². The molecule has 0 bridgehead atoms. The minimum Gasteiger partial charge on any atom is -0.274 e. The van der Waals surface area contributed by atoms with Gasteiger partial charge in [0.2, 0.25) is 10.6 Å². The highest BCUT2D eigenvalue weighted by atomic mass is 32.1. The second-order valence-electron chi connectivity index (χ2n) is 6.93. The van der Waals surface area contributed by atoms with Crippen LogP contribution in [-0.4, -0.2) is 31.3 Å². The van der Waals surface area contributed by atoms with E-state index in [2.05, 4.69) is 49.8 Å². The molecule has 0 fully saturated rings. The predicted octanol–water partition coefficient (Wildman–Crippen LogP) is 5.55. The fourth-order valence-corrected chi connectivity index (χ4v) is 3.46. The maximum absolute atomic E-state index is 5.37. The van der Waals surface area contributed by atoms with E-state index < -0.39 is 0 Å². The molecule has 0 spiro atoms. The SMILES string of the molecule is S=c1[nH]nc(-c2cc(-c3ccccc3)n[nH]2)n1/N=C\c1ccc(-c2ccccc2)cc1. The minimum absolute atomic E-state index is 0.406. The molecule has 3 aromatic carbocycles. The van der Waals surface area contributed by atoms with E-state index in [-0.39, 0.29) is 0 Å². The average Bonchev–Trinajstić information content (AvgIpc) is 3.46. The Morgan fingerprint density at radius 2 is 1.39 bits per heavy atom. The molecule has 0 saturated carbocycles. The van der Waals surface area contributed by atoms with Crippen LogP contribution in [0.2, 0.25) is 0 Å². The van der Waals surface area contributed by atoms with Crippen molar-refractivity contribution in [1.29, 1.82) is 0 Å². The van der Waals surface area contributed by atoms with Gasteiger partial charge in [-0.1, -0.05) is 84.9 Å². The largest absolute Gasteiger partial charge is 0.274 e. The minimum atomic E-state index is 0.406. The summed E-state index contributed by atoms with van der Waals surface area (Å²) in [6.45, 7) is 0. The normalized spacial score (nSPS) is 11.2. The zero-order valence-electron chi connectivity index (χ0n) is 16.4. The molecule has 7 heteroatoms. The van der Waals surface area contributed by atoms with Crippen LogP contribution in [0.15, 0.2) is 96.1 Å². The highest BCUT2D eigenvalue weighted by molar-refractivity contribution is 7.71. The summed E-state index contributed by atoms with van der Waals surface area (Å²) in [5, 5.41) is 19.1. The molecule has 5 aromatic rings. The first kappa shape index (κ1) is 18.9. The van der Waals surface area contributed by atoms with Crippen LogP contribution >= 0.6 is 12.2 Å². The summed E-state index contributed by atoms with van der Waals surface area (Å²) < 4.78 is 1.99. The second kappa shape index (κ2) is 8.33. The van der Waals surface area contributed by atoms with E-state index in [9.17, 15) is 0 Å². The third-order valence-corrected chi connectivity index (χ3v) is 5.14. The number of hydrogen-bond acceptors (Lipinski definition) is 4. The van der Waals surface area contributed by atoms with E-state index in [4.69, 9.17) is 12.2 Å². The van der Waals surface area contributed by atoms with Gasteiger partial charge in [-0.2, -0.15) is 20.0 Å². The van der Waals surface area contributed by atoms with Crippen molar-refractivity contribution in [2.75, 3.05) is 0 Å². The van der Waals surface area contributed by atoms with Gasteiger partial charge in [0.05, 0.1) is 11.9 Å². The van der Waals surface area contributed by atoms with Crippen molar-refractivity contribution >= 4 is 18.4 Å². The van der Waals surface area contributed by atoms with Crippen LogP contribution in [-0.2, 0) is 0 Å². The molecule has 2 N–H and O–H groups in total. The Morgan fingerprint density at radius 3 is 2.10 bits per heavy atom. The molecule has 0 radical (unpaired) electrons. The van der Waals surface area contributed by atoms with E-state index in [1.807, 2.05) is 66.7 Å². The topological polar surface area (TPSA) is 74.7 Å². The highest BCUT2D eigenvalue weighted by Crippen LogP contribution is 2.23. The lowest BCUT2D eigenvalue weighted by Crippen LogP contribution is -1.95. The van der Waals surface area contributed by atoms with Crippen molar-refractivity contribution in [3.8, 4) is 33.9 Å². The lowest BCUT2D eigenvalue weighted by atomic mass is 10.0. The number of nitrogens with zero attached hydrogens (tertiary/aromatic N) is 4. The summed E-state index contributed by atoms with van der Waals surface area (Å²) in [5.41, 5.74) is 5.87. The number of benzene rings is 3. The molecule has 0 aliphatic rings. The number of H-pyrrole nitrogens is 2. The van der Waals surface area contributed by atoms with E-state index in [0.29, 0.717) is 10.6 Å². The Labute approximate surface area is 183 Å². The third-order valence-electron chi connectivity index (χ3n) is 4.88. The summed E-state index contributed by atoms with van der Waals surface area (Å²) in [7, 11) is 0. The fraction of sp³-hybridized carbons (Fsp3) is 0. The summed E-state index contributed by atoms with van der Waals surface area (Å²) >= 11 is 5.37. The van der Waals surface area contributed by atoms with Gasteiger partial charge in [-0.25, -0.2) is 5.10 Å². The molecule has 2 aromatic heterocycles. The molecule has 0 unspecified atom stereocenters. The molecular formula is C24H18N6S. The molecule has 31 heavy (non-hydrogen) atoms. The van der Waals surface area contributed by atoms with Gasteiger partial charge in [0, 0.05) is 5.56 Å². The zero-order chi connectivity index (χ0) is 21.0. The Hall–Kier alpha value is -4.10. The van der Waals surface area contributed by atoms with Gasteiger partial charge in [-0.3, -0.25) is 5.10 Å². The molecule has 2 heterocycles. The maximum atomic E-state index is 5.37. The van der Waals surface area contributed by atoms with E-state index in [1.54, 1.807) is 10.9 Å². The van der Waals surface area contributed by atoms with Gasteiger partial charge in [-0.05, 0) is 35.0 Å². The van der Waals surface area contributed by atoms with Crippen LogP contribution in [0, 0.1) is 4.77 Å². The summed E-state index contributed by atoms with van der Waals surface area (Å²) in [6, 6.07) is 30.4. The van der Waals surface area contributed by atoms with Crippen LogP contribution in [0.4, 0.5) is 0 Å². The Morgan fingerprint density at radius 1 is 0.742 bits per heavy atom. The van der Waals surface area contributed by atoms with Crippen molar-refractivity contribution in [1.82, 2.24) is 25.1 Å². The number of aromatic nitrogens is 5. The molecule has 0 amide bonds. The summed E-state index contributed by atoms with van der Waals surface area (Å²) in [4.78, 5) is 0. The van der Waals surface area contributed by atoms with Gasteiger partial charge in [0.25, 0.3) is 0 Å². The second-order valence-corrected chi connectivity index (χ2v) is 7.32. The lowest BCUT2D eigenvalue weighted by Gasteiger charge is -2.02. The lowest BCUT2D eigenvalue weighted by molar-refractivity contribution is 0.865. The highest BCUT2D eigenvalue weighted by Gasteiger charge is 2.12. The van der Waals surface area contributed by atoms with Gasteiger partial charge >= 0.3 is 0 Å². The number of rotatable bonds is 5. The molecule has 0 saturated heterocycles. The van der Waals surface area contributed by atoms with Crippen LogP contribution in [0.25, 0.3) is 33.9 Å². The van der Waals surface area contributed by atoms with Gasteiger partial charge < -0.3 is 0 Å². The molecule has 5 rings (SSSR count). The van der Waals surface area contributed by atoms with Crippen molar-refractivity contribution in [3.63, 3.8) is 0 Å². The van der Waals surface area contributed by atoms with Gasteiger partial charge in [0.1, 0.15) is 5.69 Å². The number of nitrogens with one attached hydrogen (secondary N) is 2. The maximum Gasteiger partial charge on any atom is 0.216 e. The molecular weight excluding hydrogens is 404 g/mol. The molecule has 0 aliphatic heterocycles. The van der Waals surface area contributed by atoms with Crippen molar-refractivity contribution < 1.29 is 0 Å². The first-order valence-electron chi connectivity index (χ1n) is 9.76. The first-order valence-corrected chi connectivity index (χ1v) is 10.2. The Kier molecular flexibility index (Phi) is 5.08. The summed E-state index contributed by atoms with van der Waals surface area (Å²) in [6.07, 6.45) is 1.76. The van der Waals surface area contributed by atoms with Crippen LogP contribution < -0.4 is 0 Å². The molecule has 6 nitrogen and oxygen atoms in total. The monoisotopic (exact) mass is 422 g/mol. The smallest absolute Gasteiger partial charge is 0.216 e. The van der Waals surface area contributed by atoms with E-state index in [1.165, 1.54) is 5.56 Å². The third kappa shape index (κ3) is 3.99. The van der Waals surface area contributed by atoms with E-state index >= 15 is 0 Å². The molecule has 150 valence electrons. The first-order chi connectivity index (χ1) is 15.3.